The molecule has 0 unspecified atom stereocenters. The van der Waals surface area contributed by atoms with E-state index in [-0.39, 0.29) is 0 Å². The molecule has 2 rings (SSSR count). The van der Waals surface area contributed by atoms with Crippen LogP contribution in [0.25, 0.3) is 0 Å². The van der Waals surface area contributed by atoms with Gasteiger partial charge in [-0.1, -0.05) is 0 Å². The summed E-state index contributed by atoms with van der Waals surface area (Å²) in [6, 6.07) is 9.54. The van der Waals surface area contributed by atoms with Gasteiger partial charge in [0.1, 0.15) is 0 Å². The van der Waals surface area contributed by atoms with Crippen molar-refractivity contribution in [3.05, 3.63) is 50.1 Å². The normalized spacial score (nSPS) is 10.3. The Hall–Kier alpha value is -1.33. The van der Waals surface area contributed by atoms with Gasteiger partial charge in [-0.3, -0.25) is 4.79 Å². The summed E-state index contributed by atoms with van der Waals surface area (Å²) in [7, 11) is 0. The van der Waals surface area contributed by atoms with Crippen LogP contribution < -0.4 is 11.1 Å². The largest absolute Gasteiger partial charge is 0.380 e. The van der Waals surface area contributed by atoms with Crippen LogP contribution >= 0.6 is 27.3 Å². The number of hydrogen-bond donors (Lipinski definition) is 2. The van der Waals surface area contributed by atoms with Crippen LogP contribution in [0.2, 0.25) is 0 Å². The standard InChI is InChI=1S/C13H13BrN2OS/c1-8-6-9(13(15)17)2-4-11(8)16-7-10-3-5-12(14)18-10/h2-6,16H,7H2,1H3,(H2,15,17). The number of benzene rings is 1. The molecule has 0 fully saturated rings. The van der Waals surface area contributed by atoms with Crippen LogP contribution in [0, 0.1) is 6.92 Å². The lowest BCUT2D eigenvalue weighted by Crippen LogP contribution is -2.11. The lowest BCUT2D eigenvalue weighted by molar-refractivity contribution is 0.1000. The number of thiophene rings is 1. The molecule has 0 aliphatic carbocycles. The van der Waals surface area contributed by atoms with Gasteiger partial charge in [-0.25, -0.2) is 0 Å². The highest BCUT2D eigenvalue weighted by atomic mass is 79.9. The number of halogens is 1. The lowest BCUT2D eigenvalue weighted by Gasteiger charge is -2.09. The van der Waals surface area contributed by atoms with Gasteiger partial charge in [0.05, 0.1) is 3.79 Å². The third-order valence-corrected chi connectivity index (χ3v) is 4.22. The average Bonchev–Trinajstić information content (AvgIpc) is 2.73. The SMILES string of the molecule is Cc1cc(C(N)=O)ccc1NCc1ccc(Br)s1. The first-order chi connectivity index (χ1) is 8.56. The highest BCUT2D eigenvalue weighted by Crippen LogP contribution is 2.24. The number of amides is 1. The minimum atomic E-state index is -0.396. The van der Waals surface area contributed by atoms with Crippen LogP contribution in [0.15, 0.2) is 34.1 Å². The van der Waals surface area contributed by atoms with Crippen LogP contribution in [-0.4, -0.2) is 5.91 Å². The molecule has 18 heavy (non-hydrogen) atoms. The van der Waals surface area contributed by atoms with E-state index in [1.807, 2.05) is 19.1 Å². The van der Waals surface area contributed by atoms with Crippen LogP contribution in [0.3, 0.4) is 0 Å². The van der Waals surface area contributed by atoms with Crippen LogP contribution in [0.1, 0.15) is 20.8 Å². The summed E-state index contributed by atoms with van der Waals surface area (Å²) in [5.41, 5.74) is 7.81. The minimum Gasteiger partial charge on any atom is -0.380 e. The van der Waals surface area contributed by atoms with E-state index in [4.69, 9.17) is 5.73 Å². The summed E-state index contributed by atoms with van der Waals surface area (Å²) in [6.45, 7) is 2.73. The Kier molecular flexibility index (Phi) is 4.04. The summed E-state index contributed by atoms with van der Waals surface area (Å²) in [5.74, 6) is -0.396. The fourth-order valence-electron chi connectivity index (χ4n) is 1.64. The third-order valence-electron chi connectivity index (χ3n) is 2.59. The number of carbonyl (C=O) groups is 1. The Bertz CT molecular complexity index is 580. The number of hydrogen-bond acceptors (Lipinski definition) is 3. The Morgan fingerprint density at radius 2 is 2.17 bits per heavy atom. The summed E-state index contributed by atoms with van der Waals surface area (Å²) in [5, 5.41) is 3.35. The van der Waals surface area contributed by atoms with Gasteiger partial charge in [0.15, 0.2) is 0 Å². The van der Waals surface area contributed by atoms with Gasteiger partial charge in [0, 0.05) is 22.7 Å². The summed E-state index contributed by atoms with van der Waals surface area (Å²) in [4.78, 5) is 12.3. The number of nitrogens with two attached hydrogens (primary N) is 1. The number of rotatable bonds is 4. The van der Waals surface area contributed by atoms with Crippen molar-refractivity contribution in [2.75, 3.05) is 5.32 Å². The van der Waals surface area contributed by atoms with Gasteiger partial charge in [0.2, 0.25) is 5.91 Å². The van der Waals surface area contributed by atoms with Crippen molar-refractivity contribution in [3.8, 4) is 0 Å². The molecule has 0 aliphatic heterocycles. The molecule has 0 radical (unpaired) electrons. The van der Waals surface area contributed by atoms with Gasteiger partial charge >= 0.3 is 0 Å². The second kappa shape index (κ2) is 5.54. The summed E-state index contributed by atoms with van der Waals surface area (Å²) in [6.07, 6.45) is 0. The van der Waals surface area contributed by atoms with Crippen LogP contribution in [0.5, 0.6) is 0 Å². The van der Waals surface area contributed by atoms with E-state index in [1.54, 1.807) is 23.5 Å². The van der Waals surface area contributed by atoms with Crippen molar-refractivity contribution in [2.24, 2.45) is 5.73 Å². The first-order valence-electron chi connectivity index (χ1n) is 5.45. The van der Waals surface area contributed by atoms with E-state index in [1.165, 1.54) is 4.88 Å². The number of primary amides is 1. The highest BCUT2D eigenvalue weighted by Gasteiger charge is 2.04. The maximum atomic E-state index is 11.0. The lowest BCUT2D eigenvalue weighted by atomic mass is 10.1. The van der Waals surface area contributed by atoms with E-state index >= 15 is 0 Å². The molecule has 5 heteroatoms. The van der Waals surface area contributed by atoms with Gasteiger partial charge in [-0.05, 0) is 58.7 Å². The number of carbonyl (C=O) groups excluding carboxylic acids is 1. The van der Waals surface area contributed by atoms with Crippen LogP contribution in [-0.2, 0) is 6.54 Å². The van der Waals surface area contributed by atoms with Crippen molar-refractivity contribution in [1.29, 1.82) is 0 Å². The Balaban J connectivity index is 2.08. The Morgan fingerprint density at radius 1 is 1.39 bits per heavy atom. The zero-order valence-electron chi connectivity index (χ0n) is 9.87. The molecule has 1 heterocycles. The van der Waals surface area contributed by atoms with E-state index in [0.717, 1.165) is 21.6 Å². The number of nitrogens with one attached hydrogen (secondary N) is 1. The molecule has 94 valence electrons. The Labute approximate surface area is 118 Å². The van der Waals surface area contributed by atoms with E-state index in [2.05, 4.69) is 27.3 Å². The van der Waals surface area contributed by atoms with Gasteiger partial charge in [-0.2, -0.15) is 0 Å². The van der Waals surface area contributed by atoms with Gasteiger partial charge in [0.25, 0.3) is 0 Å². The first-order valence-corrected chi connectivity index (χ1v) is 7.06. The predicted molar refractivity (Wildman–Crippen MR) is 79.0 cm³/mol. The monoisotopic (exact) mass is 324 g/mol. The number of aryl methyl sites for hydroxylation is 1. The van der Waals surface area contributed by atoms with Gasteiger partial charge < -0.3 is 11.1 Å². The quantitative estimate of drug-likeness (QED) is 0.903. The second-order valence-electron chi connectivity index (χ2n) is 3.95. The minimum absolute atomic E-state index is 0.396. The molecule has 1 amide bonds. The molecule has 0 saturated heterocycles. The summed E-state index contributed by atoms with van der Waals surface area (Å²) >= 11 is 5.14. The first kappa shape index (κ1) is 13.1. The van der Waals surface area contributed by atoms with Crippen molar-refractivity contribution in [1.82, 2.24) is 0 Å². The van der Waals surface area contributed by atoms with Crippen molar-refractivity contribution in [2.45, 2.75) is 13.5 Å². The molecule has 3 nitrogen and oxygen atoms in total. The number of anilines is 1. The molecule has 0 bridgehead atoms. The van der Waals surface area contributed by atoms with Crippen molar-refractivity contribution in [3.63, 3.8) is 0 Å². The van der Waals surface area contributed by atoms with Crippen LogP contribution in [0.4, 0.5) is 5.69 Å². The molecular formula is C13H13BrN2OS. The zero-order valence-corrected chi connectivity index (χ0v) is 12.3. The third kappa shape index (κ3) is 3.11. The Morgan fingerprint density at radius 3 is 2.72 bits per heavy atom. The average molecular weight is 325 g/mol. The maximum absolute atomic E-state index is 11.0. The zero-order chi connectivity index (χ0) is 13.1. The van der Waals surface area contributed by atoms with E-state index in [9.17, 15) is 4.79 Å². The molecule has 2 aromatic rings. The van der Waals surface area contributed by atoms with Gasteiger partial charge in [-0.15, -0.1) is 11.3 Å². The molecule has 0 spiro atoms. The van der Waals surface area contributed by atoms with Crippen molar-refractivity contribution >= 4 is 38.9 Å². The fourth-order valence-corrected chi connectivity index (χ4v) is 3.07. The highest BCUT2D eigenvalue weighted by molar-refractivity contribution is 9.11. The molecule has 0 saturated carbocycles. The van der Waals surface area contributed by atoms with E-state index in [0.29, 0.717) is 5.56 Å². The molecule has 1 aromatic carbocycles. The maximum Gasteiger partial charge on any atom is 0.248 e. The predicted octanol–water partition coefficient (Wildman–Crippen LogP) is 3.53. The van der Waals surface area contributed by atoms with Crippen molar-refractivity contribution < 1.29 is 4.79 Å². The molecular weight excluding hydrogens is 312 g/mol. The molecule has 1 aromatic heterocycles. The smallest absolute Gasteiger partial charge is 0.248 e. The van der Waals surface area contributed by atoms with E-state index < -0.39 is 5.91 Å². The summed E-state index contributed by atoms with van der Waals surface area (Å²) < 4.78 is 1.13. The second-order valence-corrected chi connectivity index (χ2v) is 6.50. The fraction of sp³-hybridized carbons (Fsp3) is 0.154. The molecule has 0 atom stereocenters. The topological polar surface area (TPSA) is 55.1 Å². The molecule has 3 N–H and O–H groups in total. The molecule has 0 aliphatic rings.